The molecule has 0 heterocycles. The van der Waals surface area contributed by atoms with E-state index in [1.165, 1.54) is 18.1 Å². The number of benzene rings is 1. The minimum absolute atomic E-state index is 0.0990. The molecule has 0 radical (unpaired) electrons. The number of ether oxygens (including phenoxy) is 1. The Labute approximate surface area is 129 Å². The van der Waals surface area contributed by atoms with Crippen LogP contribution in [-0.2, 0) is 9.53 Å². The second-order valence-electron chi connectivity index (χ2n) is 4.10. The van der Waals surface area contributed by atoms with Crippen LogP contribution < -0.4 is 5.73 Å². The number of halogens is 1. The van der Waals surface area contributed by atoms with Crippen LogP contribution >= 0.6 is 11.6 Å². The molecule has 5 nitrogen and oxygen atoms in total. The second kappa shape index (κ2) is 8.30. The van der Waals surface area contributed by atoms with Crippen molar-refractivity contribution in [3.05, 3.63) is 34.3 Å². The summed E-state index contributed by atoms with van der Waals surface area (Å²) in [6.07, 6.45) is 0. The second-order valence-corrected chi connectivity index (χ2v) is 4.50. The van der Waals surface area contributed by atoms with E-state index in [9.17, 15) is 9.59 Å². The van der Waals surface area contributed by atoms with E-state index < -0.39 is 5.97 Å². The molecule has 0 saturated carbocycles. The Morgan fingerprint density at radius 1 is 1.43 bits per heavy atom. The molecule has 112 valence electrons. The van der Waals surface area contributed by atoms with Gasteiger partial charge in [-0.15, -0.1) is 0 Å². The first-order valence-corrected chi connectivity index (χ1v) is 6.75. The molecule has 6 heteroatoms. The van der Waals surface area contributed by atoms with Crippen LogP contribution in [0.1, 0.15) is 22.8 Å². The lowest BCUT2D eigenvalue weighted by Crippen LogP contribution is -2.36. The van der Waals surface area contributed by atoms with Crippen LogP contribution in [0.15, 0.2) is 18.2 Å². The van der Waals surface area contributed by atoms with Crippen molar-refractivity contribution in [2.45, 2.75) is 6.92 Å². The first-order valence-electron chi connectivity index (χ1n) is 6.38. The van der Waals surface area contributed by atoms with Crippen molar-refractivity contribution >= 4 is 23.5 Å². The van der Waals surface area contributed by atoms with E-state index >= 15 is 0 Å². The molecule has 0 fully saturated rings. The number of amides is 1. The summed E-state index contributed by atoms with van der Waals surface area (Å²) < 4.78 is 4.57. The summed E-state index contributed by atoms with van der Waals surface area (Å²) in [5.74, 6) is 4.76. The lowest BCUT2D eigenvalue weighted by atomic mass is 10.1. The van der Waals surface area contributed by atoms with Gasteiger partial charge in [0, 0.05) is 17.7 Å². The highest BCUT2D eigenvalue weighted by atomic mass is 35.5. The molecule has 0 aliphatic rings. The quantitative estimate of drug-likeness (QED) is 0.672. The minimum atomic E-state index is -0.471. The average Bonchev–Trinajstić information content (AvgIpc) is 2.50. The molecule has 1 amide bonds. The average molecular weight is 309 g/mol. The van der Waals surface area contributed by atoms with Gasteiger partial charge < -0.3 is 15.4 Å². The van der Waals surface area contributed by atoms with Crippen LogP contribution in [-0.4, -0.2) is 43.5 Å². The molecule has 21 heavy (non-hydrogen) atoms. The normalized spacial score (nSPS) is 9.52. The number of rotatable bonds is 4. The Kier molecular flexibility index (Phi) is 6.73. The van der Waals surface area contributed by atoms with Gasteiger partial charge in [0.2, 0.25) is 0 Å². The van der Waals surface area contributed by atoms with E-state index in [1.807, 2.05) is 0 Å². The van der Waals surface area contributed by atoms with E-state index in [2.05, 4.69) is 16.6 Å². The number of nitrogens with two attached hydrogens (primary N) is 1. The smallest absolute Gasteiger partial charge is 0.325 e. The number of methoxy groups -OCH3 is 1. The van der Waals surface area contributed by atoms with Crippen LogP contribution in [0.5, 0.6) is 0 Å². The zero-order valence-electron chi connectivity index (χ0n) is 12.0. The number of carbonyl (C=O) groups is 2. The van der Waals surface area contributed by atoms with Gasteiger partial charge in [-0.25, -0.2) is 0 Å². The monoisotopic (exact) mass is 308 g/mol. The van der Waals surface area contributed by atoms with Gasteiger partial charge in [-0.2, -0.15) is 0 Å². The molecule has 0 aromatic heterocycles. The first kappa shape index (κ1) is 17.0. The van der Waals surface area contributed by atoms with Crippen molar-refractivity contribution < 1.29 is 14.3 Å². The third-order valence-corrected chi connectivity index (χ3v) is 3.07. The van der Waals surface area contributed by atoms with Crippen LogP contribution in [0, 0.1) is 11.8 Å². The molecule has 1 rings (SSSR count). The highest BCUT2D eigenvalue weighted by Crippen LogP contribution is 2.18. The zero-order valence-corrected chi connectivity index (χ0v) is 12.7. The Balaban J connectivity index is 2.96. The van der Waals surface area contributed by atoms with E-state index in [-0.39, 0.29) is 19.0 Å². The van der Waals surface area contributed by atoms with Crippen LogP contribution in [0.3, 0.4) is 0 Å². The topological polar surface area (TPSA) is 72.6 Å². The summed E-state index contributed by atoms with van der Waals surface area (Å²) in [6.45, 7) is 2.31. The van der Waals surface area contributed by atoms with Crippen molar-refractivity contribution in [2.75, 3.05) is 26.7 Å². The van der Waals surface area contributed by atoms with Gasteiger partial charge in [-0.3, -0.25) is 9.59 Å². The van der Waals surface area contributed by atoms with Gasteiger partial charge in [0.05, 0.1) is 18.7 Å². The van der Waals surface area contributed by atoms with Gasteiger partial charge in [0.1, 0.15) is 6.54 Å². The molecule has 2 N–H and O–H groups in total. The molecule has 1 aromatic rings. The van der Waals surface area contributed by atoms with Crippen molar-refractivity contribution in [3.8, 4) is 11.8 Å². The van der Waals surface area contributed by atoms with Crippen LogP contribution in [0.4, 0.5) is 0 Å². The lowest BCUT2D eigenvalue weighted by Gasteiger charge is -2.19. The van der Waals surface area contributed by atoms with E-state index in [4.69, 9.17) is 17.3 Å². The summed E-state index contributed by atoms with van der Waals surface area (Å²) in [7, 11) is 1.28. The fourth-order valence-electron chi connectivity index (χ4n) is 1.63. The maximum Gasteiger partial charge on any atom is 0.325 e. The molecular weight excluding hydrogens is 292 g/mol. The number of nitrogens with zero attached hydrogens (tertiary/aromatic N) is 1. The summed E-state index contributed by atoms with van der Waals surface area (Å²) in [5.41, 5.74) is 6.30. The molecule has 0 saturated heterocycles. The Bertz CT molecular complexity index is 590. The van der Waals surface area contributed by atoms with Gasteiger partial charge >= 0.3 is 5.97 Å². The number of esters is 1. The largest absolute Gasteiger partial charge is 0.468 e. The molecule has 0 spiro atoms. The van der Waals surface area contributed by atoms with E-state index in [0.717, 1.165) is 0 Å². The zero-order chi connectivity index (χ0) is 15.8. The molecule has 0 unspecified atom stereocenters. The number of hydrogen-bond acceptors (Lipinski definition) is 4. The third kappa shape index (κ3) is 4.78. The molecule has 0 bridgehead atoms. The Morgan fingerprint density at radius 2 is 2.14 bits per heavy atom. The van der Waals surface area contributed by atoms with E-state index in [1.54, 1.807) is 19.1 Å². The standard InChI is InChI=1S/C15H17ClN2O3/c1-3-18(10-14(19)21-2)15(20)12-7-6-11(5-4-8-17)13(16)9-12/h6-7,9H,3,8,10,17H2,1-2H3. The minimum Gasteiger partial charge on any atom is -0.468 e. The number of likely N-dealkylation sites (N-methyl/N-ethyl adjacent to an activating group) is 1. The fraction of sp³-hybridized carbons (Fsp3) is 0.333. The number of hydrogen-bond donors (Lipinski definition) is 1. The van der Waals surface area contributed by atoms with Crippen molar-refractivity contribution in [3.63, 3.8) is 0 Å². The predicted octanol–water partition coefficient (Wildman–Crippen LogP) is 1.29. The summed E-state index contributed by atoms with van der Waals surface area (Å²) in [5, 5.41) is 0.371. The number of carbonyl (C=O) groups excluding carboxylic acids is 2. The first-order chi connectivity index (χ1) is 10.0. The summed E-state index contributed by atoms with van der Waals surface area (Å²) in [4.78, 5) is 25.0. The molecular formula is C15H17ClN2O3. The summed E-state index contributed by atoms with van der Waals surface area (Å²) >= 11 is 6.08. The molecule has 0 aliphatic heterocycles. The Morgan fingerprint density at radius 3 is 2.67 bits per heavy atom. The summed E-state index contributed by atoms with van der Waals surface area (Å²) in [6, 6.07) is 4.81. The van der Waals surface area contributed by atoms with Crippen molar-refractivity contribution in [1.82, 2.24) is 4.90 Å². The molecule has 1 aromatic carbocycles. The maximum atomic E-state index is 12.3. The molecule has 0 atom stereocenters. The van der Waals surface area contributed by atoms with Gasteiger partial charge in [0.15, 0.2) is 0 Å². The highest BCUT2D eigenvalue weighted by Gasteiger charge is 2.18. The maximum absolute atomic E-state index is 12.3. The third-order valence-electron chi connectivity index (χ3n) is 2.76. The SMILES string of the molecule is CCN(CC(=O)OC)C(=O)c1ccc(C#CCN)c(Cl)c1. The van der Waals surface area contributed by atoms with Gasteiger partial charge in [0.25, 0.3) is 5.91 Å². The molecule has 0 aliphatic carbocycles. The predicted molar refractivity (Wildman–Crippen MR) is 81.0 cm³/mol. The van der Waals surface area contributed by atoms with Gasteiger partial charge in [-0.05, 0) is 25.1 Å². The van der Waals surface area contributed by atoms with Crippen LogP contribution in [0.2, 0.25) is 5.02 Å². The van der Waals surface area contributed by atoms with Crippen LogP contribution in [0.25, 0.3) is 0 Å². The fourth-order valence-corrected chi connectivity index (χ4v) is 1.85. The van der Waals surface area contributed by atoms with Gasteiger partial charge in [-0.1, -0.05) is 23.4 Å². The van der Waals surface area contributed by atoms with E-state index in [0.29, 0.717) is 22.7 Å². The highest BCUT2D eigenvalue weighted by molar-refractivity contribution is 6.32. The Hall–Kier alpha value is -2.03. The lowest BCUT2D eigenvalue weighted by molar-refractivity contribution is -0.141. The van der Waals surface area contributed by atoms with Crippen molar-refractivity contribution in [1.29, 1.82) is 0 Å². The van der Waals surface area contributed by atoms with Crippen molar-refractivity contribution in [2.24, 2.45) is 5.73 Å².